The third-order valence-corrected chi connectivity index (χ3v) is 4.49. The highest BCUT2D eigenvalue weighted by molar-refractivity contribution is 5.80. The average Bonchev–Trinajstić information content (AvgIpc) is 2.95. The van der Waals surface area contributed by atoms with Crippen molar-refractivity contribution in [2.24, 2.45) is 17.6 Å². The van der Waals surface area contributed by atoms with Crippen molar-refractivity contribution in [1.29, 1.82) is 0 Å². The van der Waals surface area contributed by atoms with Crippen molar-refractivity contribution >= 4 is 11.9 Å². The Hall–Kier alpha value is -1.30. The van der Waals surface area contributed by atoms with Crippen LogP contribution in [0, 0.1) is 11.8 Å². The van der Waals surface area contributed by atoms with E-state index < -0.39 is 0 Å². The Morgan fingerprint density at radius 1 is 1.15 bits per heavy atom. The molecular formula is C14H26N4O2. The lowest BCUT2D eigenvalue weighted by Crippen LogP contribution is -2.54. The van der Waals surface area contributed by atoms with Crippen molar-refractivity contribution in [1.82, 2.24) is 15.1 Å². The van der Waals surface area contributed by atoms with Gasteiger partial charge in [-0.3, -0.25) is 4.79 Å². The summed E-state index contributed by atoms with van der Waals surface area (Å²) in [6.07, 6.45) is 3.15. The fraction of sp³-hybridized carbons (Fsp3) is 0.857. The highest BCUT2D eigenvalue weighted by atomic mass is 16.2. The van der Waals surface area contributed by atoms with E-state index in [0.29, 0.717) is 45.2 Å². The van der Waals surface area contributed by atoms with Crippen molar-refractivity contribution in [3.8, 4) is 0 Å². The van der Waals surface area contributed by atoms with Gasteiger partial charge < -0.3 is 20.9 Å². The second-order valence-electron chi connectivity index (χ2n) is 5.68. The highest BCUT2D eigenvalue weighted by Gasteiger charge is 2.35. The van der Waals surface area contributed by atoms with Crippen molar-refractivity contribution in [2.75, 3.05) is 39.3 Å². The third kappa shape index (κ3) is 3.23. The molecule has 0 spiro atoms. The Morgan fingerprint density at radius 3 is 2.40 bits per heavy atom. The smallest absolute Gasteiger partial charge is 0.317 e. The van der Waals surface area contributed by atoms with E-state index in [2.05, 4.69) is 5.32 Å². The summed E-state index contributed by atoms with van der Waals surface area (Å²) in [4.78, 5) is 27.9. The average molecular weight is 282 g/mol. The van der Waals surface area contributed by atoms with Crippen LogP contribution >= 0.6 is 0 Å². The maximum atomic E-state index is 12.5. The molecule has 6 heteroatoms. The first kappa shape index (κ1) is 15.1. The number of carbonyl (C=O) groups is 2. The molecule has 20 heavy (non-hydrogen) atoms. The minimum Gasteiger partial charge on any atom is -0.339 e. The largest absolute Gasteiger partial charge is 0.339 e. The van der Waals surface area contributed by atoms with Crippen molar-refractivity contribution in [3.05, 3.63) is 0 Å². The number of amides is 3. The van der Waals surface area contributed by atoms with Gasteiger partial charge in [0.05, 0.1) is 0 Å². The second kappa shape index (κ2) is 6.92. The molecule has 0 radical (unpaired) electrons. The molecule has 1 aliphatic heterocycles. The monoisotopic (exact) mass is 282 g/mol. The molecule has 3 N–H and O–H groups in total. The van der Waals surface area contributed by atoms with Crippen LogP contribution in [0.2, 0.25) is 0 Å². The summed E-state index contributed by atoms with van der Waals surface area (Å²) in [5, 5.41) is 2.80. The molecule has 6 nitrogen and oxygen atoms in total. The molecule has 2 fully saturated rings. The van der Waals surface area contributed by atoms with Gasteiger partial charge in [0.1, 0.15) is 0 Å². The Kier molecular flexibility index (Phi) is 5.23. The molecule has 1 saturated carbocycles. The van der Waals surface area contributed by atoms with Gasteiger partial charge in [0.15, 0.2) is 0 Å². The number of piperazine rings is 1. The zero-order valence-electron chi connectivity index (χ0n) is 12.3. The molecule has 2 rings (SSSR count). The molecule has 1 aliphatic carbocycles. The van der Waals surface area contributed by atoms with Gasteiger partial charge in [-0.25, -0.2) is 4.79 Å². The van der Waals surface area contributed by atoms with Crippen LogP contribution in [0.5, 0.6) is 0 Å². The van der Waals surface area contributed by atoms with Gasteiger partial charge in [0, 0.05) is 38.6 Å². The van der Waals surface area contributed by atoms with Crippen molar-refractivity contribution in [3.63, 3.8) is 0 Å². The van der Waals surface area contributed by atoms with Crippen LogP contribution in [-0.2, 0) is 4.79 Å². The van der Waals surface area contributed by atoms with E-state index in [0.717, 1.165) is 19.3 Å². The molecule has 114 valence electrons. The van der Waals surface area contributed by atoms with Gasteiger partial charge in [0.25, 0.3) is 0 Å². The molecule has 0 aromatic rings. The summed E-state index contributed by atoms with van der Waals surface area (Å²) in [5.74, 6) is 0.702. The topological polar surface area (TPSA) is 78.7 Å². The van der Waals surface area contributed by atoms with Gasteiger partial charge in [-0.2, -0.15) is 0 Å². The van der Waals surface area contributed by atoms with Crippen LogP contribution in [-0.4, -0.2) is 61.0 Å². The molecule has 0 aromatic heterocycles. The number of carbonyl (C=O) groups excluding carboxylic acids is 2. The van der Waals surface area contributed by atoms with Crippen LogP contribution in [0.3, 0.4) is 0 Å². The van der Waals surface area contributed by atoms with E-state index in [9.17, 15) is 9.59 Å². The van der Waals surface area contributed by atoms with E-state index in [1.54, 1.807) is 4.90 Å². The zero-order valence-corrected chi connectivity index (χ0v) is 12.3. The van der Waals surface area contributed by atoms with E-state index in [1.807, 2.05) is 11.8 Å². The number of nitrogens with one attached hydrogen (secondary N) is 1. The Morgan fingerprint density at radius 2 is 1.80 bits per heavy atom. The lowest BCUT2D eigenvalue weighted by Gasteiger charge is -2.36. The van der Waals surface area contributed by atoms with E-state index in [-0.39, 0.29) is 17.9 Å². The third-order valence-electron chi connectivity index (χ3n) is 4.49. The van der Waals surface area contributed by atoms with Crippen LogP contribution in [0.4, 0.5) is 4.79 Å². The Labute approximate surface area is 120 Å². The lowest BCUT2D eigenvalue weighted by atomic mass is 9.94. The number of hydrogen-bond acceptors (Lipinski definition) is 3. The maximum Gasteiger partial charge on any atom is 0.317 e. The van der Waals surface area contributed by atoms with Gasteiger partial charge in [-0.05, 0) is 32.2 Å². The molecule has 0 aromatic carbocycles. The molecule has 1 heterocycles. The van der Waals surface area contributed by atoms with Crippen LogP contribution in [0.25, 0.3) is 0 Å². The van der Waals surface area contributed by atoms with Crippen LogP contribution < -0.4 is 11.1 Å². The fourth-order valence-electron chi connectivity index (χ4n) is 3.27. The Balaban J connectivity index is 1.84. The predicted octanol–water partition coefficient (Wildman–Crippen LogP) is 0.235. The van der Waals surface area contributed by atoms with Gasteiger partial charge in [-0.1, -0.05) is 6.42 Å². The highest BCUT2D eigenvalue weighted by Crippen LogP contribution is 2.32. The summed E-state index contributed by atoms with van der Waals surface area (Å²) >= 11 is 0. The molecular weight excluding hydrogens is 256 g/mol. The molecule has 2 atom stereocenters. The summed E-state index contributed by atoms with van der Waals surface area (Å²) in [7, 11) is 0. The first-order chi connectivity index (χ1) is 9.67. The normalized spacial score (nSPS) is 26.7. The summed E-state index contributed by atoms with van der Waals surface area (Å²) in [5.41, 5.74) is 5.75. The fourth-order valence-corrected chi connectivity index (χ4v) is 3.27. The molecule has 2 aliphatic rings. The van der Waals surface area contributed by atoms with Gasteiger partial charge in [0.2, 0.25) is 5.91 Å². The molecule has 3 amide bonds. The minimum absolute atomic E-state index is 0.0275. The summed E-state index contributed by atoms with van der Waals surface area (Å²) in [6.45, 7) is 5.68. The van der Waals surface area contributed by atoms with E-state index in [4.69, 9.17) is 5.73 Å². The lowest BCUT2D eigenvalue weighted by molar-refractivity contribution is -0.138. The SMILES string of the molecule is CCNC(=O)N1CCN(C(=O)C2CCCC2CN)CC1. The first-order valence-electron chi connectivity index (χ1n) is 7.69. The number of nitrogens with two attached hydrogens (primary N) is 1. The molecule has 2 unspecified atom stereocenters. The van der Waals surface area contributed by atoms with Crippen molar-refractivity contribution in [2.45, 2.75) is 26.2 Å². The second-order valence-corrected chi connectivity index (χ2v) is 5.68. The molecule has 1 saturated heterocycles. The Bertz CT molecular complexity index is 353. The van der Waals surface area contributed by atoms with E-state index in [1.165, 1.54) is 0 Å². The quantitative estimate of drug-likeness (QED) is 0.778. The number of urea groups is 1. The number of nitrogens with zero attached hydrogens (tertiary/aromatic N) is 2. The summed E-state index contributed by atoms with van der Waals surface area (Å²) in [6, 6.07) is -0.0275. The molecule has 0 bridgehead atoms. The zero-order chi connectivity index (χ0) is 14.5. The summed E-state index contributed by atoms with van der Waals surface area (Å²) < 4.78 is 0. The number of rotatable bonds is 3. The minimum atomic E-state index is -0.0275. The maximum absolute atomic E-state index is 12.5. The van der Waals surface area contributed by atoms with Gasteiger partial charge >= 0.3 is 6.03 Å². The van der Waals surface area contributed by atoms with Crippen molar-refractivity contribution < 1.29 is 9.59 Å². The number of hydrogen-bond donors (Lipinski definition) is 2. The van der Waals surface area contributed by atoms with Crippen LogP contribution in [0.1, 0.15) is 26.2 Å². The van der Waals surface area contributed by atoms with Crippen LogP contribution in [0.15, 0.2) is 0 Å². The first-order valence-corrected chi connectivity index (χ1v) is 7.69. The standard InChI is InChI=1S/C14H26N4O2/c1-2-16-14(20)18-8-6-17(7-9-18)13(19)12-5-3-4-11(12)10-15/h11-12H,2-10,15H2,1H3,(H,16,20). The van der Waals surface area contributed by atoms with E-state index >= 15 is 0 Å². The van der Waals surface area contributed by atoms with Gasteiger partial charge in [-0.15, -0.1) is 0 Å². The predicted molar refractivity (Wildman–Crippen MR) is 77.1 cm³/mol.